The van der Waals surface area contributed by atoms with E-state index in [4.69, 9.17) is 5.73 Å². The van der Waals surface area contributed by atoms with E-state index in [1.165, 1.54) is 30.9 Å². The van der Waals surface area contributed by atoms with Crippen molar-refractivity contribution in [3.8, 4) is 0 Å². The number of rotatable bonds is 2. The maximum absolute atomic E-state index is 13.5. The second-order valence-corrected chi connectivity index (χ2v) is 7.41. The molecule has 1 aliphatic heterocycles. The highest BCUT2D eigenvalue weighted by atomic mass is 32.2. The van der Waals surface area contributed by atoms with Crippen LogP contribution in [0, 0.1) is 5.82 Å². The normalized spacial score (nSPS) is 19.8. The maximum Gasteiger partial charge on any atom is 0.244 e. The van der Waals surface area contributed by atoms with Crippen molar-refractivity contribution in [2.75, 3.05) is 25.9 Å². The number of piperazine rings is 1. The molecule has 0 bridgehead atoms. The van der Waals surface area contributed by atoms with Crippen LogP contribution in [0.15, 0.2) is 23.1 Å². The van der Waals surface area contributed by atoms with Crippen LogP contribution in [0.25, 0.3) is 0 Å². The molecule has 1 aliphatic rings. The number of nitrogen functional groups attached to an aromatic ring is 1. The Morgan fingerprint density at radius 1 is 1.29 bits per heavy atom. The Labute approximate surface area is 123 Å². The quantitative estimate of drug-likeness (QED) is 0.812. The van der Waals surface area contributed by atoms with Gasteiger partial charge in [0.05, 0.1) is 10.6 Å². The number of halogens is 1. The van der Waals surface area contributed by atoms with Gasteiger partial charge in [-0.25, -0.2) is 12.8 Å². The van der Waals surface area contributed by atoms with Crippen molar-refractivity contribution in [3.63, 3.8) is 0 Å². The predicted molar refractivity (Wildman–Crippen MR) is 76.4 cm³/mol. The average Bonchev–Trinajstić information content (AvgIpc) is 2.38. The Morgan fingerprint density at radius 2 is 1.90 bits per heavy atom. The molecule has 1 aromatic rings. The third-order valence-electron chi connectivity index (χ3n) is 3.69. The number of sulfonamides is 1. The number of anilines is 1. The molecule has 1 heterocycles. The minimum atomic E-state index is -3.97. The zero-order valence-electron chi connectivity index (χ0n) is 12.1. The van der Waals surface area contributed by atoms with Crippen molar-refractivity contribution < 1.29 is 17.6 Å². The second-order valence-electron chi connectivity index (χ2n) is 5.55. The Morgan fingerprint density at radius 3 is 2.48 bits per heavy atom. The smallest absolute Gasteiger partial charge is 0.244 e. The van der Waals surface area contributed by atoms with Crippen LogP contribution in [0.3, 0.4) is 0 Å². The number of likely N-dealkylation sites (N-methyl/N-ethyl adjacent to an activating group) is 1. The van der Waals surface area contributed by atoms with Crippen molar-refractivity contribution in [3.05, 3.63) is 24.0 Å². The third kappa shape index (κ3) is 2.49. The van der Waals surface area contributed by atoms with Crippen molar-refractivity contribution in [2.45, 2.75) is 24.3 Å². The van der Waals surface area contributed by atoms with Gasteiger partial charge < -0.3 is 10.6 Å². The molecule has 6 nitrogen and oxygen atoms in total. The molecule has 21 heavy (non-hydrogen) atoms. The van der Waals surface area contributed by atoms with Gasteiger partial charge in [-0.05, 0) is 32.0 Å². The van der Waals surface area contributed by atoms with Gasteiger partial charge in [-0.1, -0.05) is 0 Å². The first-order valence-electron chi connectivity index (χ1n) is 6.42. The number of amides is 1. The average molecular weight is 315 g/mol. The molecule has 0 radical (unpaired) electrons. The van der Waals surface area contributed by atoms with Crippen molar-refractivity contribution >= 4 is 21.6 Å². The highest BCUT2D eigenvalue weighted by molar-refractivity contribution is 7.89. The van der Waals surface area contributed by atoms with E-state index in [0.29, 0.717) is 6.54 Å². The molecule has 116 valence electrons. The van der Waals surface area contributed by atoms with E-state index in [2.05, 4.69) is 0 Å². The number of carbonyl (C=O) groups excluding carboxylic acids is 1. The van der Waals surface area contributed by atoms with E-state index in [1.807, 2.05) is 0 Å². The minimum Gasteiger partial charge on any atom is -0.396 e. The van der Waals surface area contributed by atoms with Gasteiger partial charge in [0.25, 0.3) is 0 Å². The van der Waals surface area contributed by atoms with E-state index in [-0.39, 0.29) is 23.0 Å². The lowest BCUT2D eigenvalue weighted by molar-refractivity contribution is -0.142. The zero-order valence-corrected chi connectivity index (χ0v) is 12.9. The van der Waals surface area contributed by atoms with Gasteiger partial charge >= 0.3 is 0 Å². The lowest BCUT2D eigenvalue weighted by atomic mass is 10.0. The van der Waals surface area contributed by atoms with Crippen molar-refractivity contribution in [1.29, 1.82) is 0 Å². The van der Waals surface area contributed by atoms with Gasteiger partial charge in [0.1, 0.15) is 11.4 Å². The van der Waals surface area contributed by atoms with Crippen LogP contribution in [0.1, 0.15) is 13.8 Å². The third-order valence-corrected chi connectivity index (χ3v) is 5.76. The standard InChI is InChI=1S/C13H18FN3O3S/c1-13(2)12(18)16(3)6-7-17(13)21(19,20)9-4-5-11(15)10(14)8-9/h4-5,8H,6-7,15H2,1-3H3. The van der Waals surface area contributed by atoms with Crippen LogP contribution >= 0.6 is 0 Å². The van der Waals surface area contributed by atoms with Crippen LogP contribution in [-0.2, 0) is 14.8 Å². The first-order chi connectivity index (χ1) is 9.58. The fourth-order valence-electron chi connectivity index (χ4n) is 2.41. The summed E-state index contributed by atoms with van der Waals surface area (Å²) >= 11 is 0. The molecule has 0 aliphatic carbocycles. The Hall–Kier alpha value is -1.67. The number of carbonyl (C=O) groups is 1. The number of nitrogens with two attached hydrogens (primary N) is 1. The summed E-state index contributed by atoms with van der Waals surface area (Å²) in [5.41, 5.74) is 4.02. The van der Waals surface area contributed by atoms with Gasteiger partial charge in [-0.15, -0.1) is 0 Å². The van der Waals surface area contributed by atoms with Crippen LogP contribution in [0.5, 0.6) is 0 Å². The van der Waals surface area contributed by atoms with E-state index in [9.17, 15) is 17.6 Å². The summed E-state index contributed by atoms with van der Waals surface area (Å²) in [6.45, 7) is 3.52. The van der Waals surface area contributed by atoms with Crippen LogP contribution in [0.4, 0.5) is 10.1 Å². The summed E-state index contributed by atoms with van der Waals surface area (Å²) < 4.78 is 40.0. The lowest BCUT2D eigenvalue weighted by Gasteiger charge is -2.43. The molecule has 2 N–H and O–H groups in total. The fourth-order valence-corrected chi connectivity index (χ4v) is 4.16. The van der Waals surface area contributed by atoms with Gasteiger partial charge in [0.15, 0.2) is 0 Å². The van der Waals surface area contributed by atoms with Gasteiger partial charge in [-0.3, -0.25) is 4.79 Å². The van der Waals surface area contributed by atoms with Crippen LogP contribution in [-0.4, -0.2) is 49.2 Å². The molecule has 2 rings (SSSR count). The number of benzene rings is 1. The number of hydrogen-bond acceptors (Lipinski definition) is 4. The van der Waals surface area contributed by atoms with E-state index in [1.54, 1.807) is 7.05 Å². The summed E-state index contributed by atoms with van der Waals surface area (Å²) in [4.78, 5) is 13.5. The molecule has 1 saturated heterocycles. The zero-order chi connectivity index (χ0) is 16.0. The minimum absolute atomic E-state index is 0.123. The van der Waals surface area contributed by atoms with Crippen LogP contribution < -0.4 is 5.73 Å². The highest BCUT2D eigenvalue weighted by Gasteiger charge is 2.46. The molecular formula is C13H18FN3O3S. The van der Waals surface area contributed by atoms with E-state index in [0.717, 1.165) is 10.4 Å². The van der Waals surface area contributed by atoms with Crippen molar-refractivity contribution in [1.82, 2.24) is 9.21 Å². The monoisotopic (exact) mass is 315 g/mol. The summed E-state index contributed by atoms with van der Waals surface area (Å²) in [5.74, 6) is -1.09. The maximum atomic E-state index is 13.5. The highest BCUT2D eigenvalue weighted by Crippen LogP contribution is 2.29. The molecule has 0 saturated carbocycles. The summed E-state index contributed by atoms with van der Waals surface area (Å²) in [6.07, 6.45) is 0. The van der Waals surface area contributed by atoms with E-state index >= 15 is 0 Å². The summed E-state index contributed by atoms with van der Waals surface area (Å²) in [6, 6.07) is 3.32. The molecule has 1 amide bonds. The van der Waals surface area contributed by atoms with Crippen molar-refractivity contribution in [2.24, 2.45) is 0 Å². The fraction of sp³-hybridized carbons (Fsp3) is 0.462. The molecule has 0 spiro atoms. The number of hydrogen-bond donors (Lipinski definition) is 1. The van der Waals surface area contributed by atoms with Crippen LogP contribution in [0.2, 0.25) is 0 Å². The molecule has 0 atom stereocenters. The molecule has 8 heteroatoms. The van der Waals surface area contributed by atoms with Gasteiger partial charge in [-0.2, -0.15) is 4.31 Å². The lowest BCUT2D eigenvalue weighted by Crippen LogP contribution is -2.63. The van der Waals surface area contributed by atoms with Gasteiger partial charge in [0, 0.05) is 20.1 Å². The molecule has 0 aromatic heterocycles. The first-order valence-corrected chi connectivity index (χ1v) is 7.86. The topological polar surface area (TPSA) is 83.7 Å². The summed E-state index contributed by atoms with van der Waals surface area (Å²) in [7, 11) is -2.35. The number of nitrogens with zero attached hydrogens (tertiary/aromatic N) is 2. The second kappa shape index (κ2) is 4.96. The SMILES string of the molecule is CN1CCN(S(=O)(=O)c2ccc(N)c(F)c2)C(C)(C)C1=O. The Bertz CT molecular complexity index is 688. The molecular weight excluding hydrogens is 297 g/mol. The predicted octanol–water partition coefficient (Wildman–Crippen LogP) is 0.649. The largest absolute Gasteiger partial charge is 0.396 e. The first kappa shape index (κ1) is 15.7. The Kier molecular flexibility index (Phi) is 3.71. The summed E-state index contributed by atoms with van der Waals surface area (Å²) in [5, 5.41) is 0. The molecule has 1 fully saturated rings. The van der Waals surface area contributed by atoms with Gasteiger partial charge in [0.2, 0.25) is 15.9 Å². The molecule has 0 unspecified atom stereocenters. The van der Waals surface area contributed by atoms with E-state index < -0.39 is 21.4 Å². The Balaban J connectivity index is 2.48. The molecule has 1 aromatic carbocycles.